The molecule has 16 heavy (non-hydrogen) atoms. The molecule has 1 aromatic carbocycles. The minimum Gasteiger partial charge on any atom is -0.497 e. The zero-order chi connectivity index (χ0) is 12.0. The predicted octanol–water partition coefficient (Wildman–Crippen LogP) is 3.32. The molecule has 0 atom stereocenters. The van der Waals surface area contributed by atoms with Gasteiger partial charge in [-0.1, -0.05) is 21.0 Å². The second kappa shape index (κ2) is 6.25. The molecule has 0 saturated carbocycles. The summed E-state index contributed by atoms with van der Waals surface area (Å²) in [6, 6.07) is 3.66. The van der Waals surface area contributed by atoms with Gasteiger partial charge < -0.3 is 9.47 Å². The summed E-state index contributed by atoms with van der Waals surface area (Å²) in [5.41, 5.74) is 9.19. The Morgan fingerprint density at radius 1 is 1.38 bits per heavy atom. The fraction of sp³-hybridized carbons (Fsp3) is 0.400. The SMILES string of the molecule is COc1cc(Br)c(CCN=[N+]=[N-])c(OC)c1. The minimum atomic E-state index is 0.401. The fourth-order valence-corrected chi connectivity index (χ4v) is 1.96. The van der Waals surface area contributed by atoms with Crippen molar-refractivity contribution < 1.29 is 9.47 Å². The molecule has 0 aromatic heterocycles. The molecule has 0 spiro atoms. The largest absolute Gasteiger partial charge is 0.497 e. The summed E-state index contributed by atoms with van der Waals surface area (Å²) in [4.78, 5) is 2.71. The van der Waals surface area contributed by atoms with E-state index >= 15 is 0 Å². The summed E-state index contributed by atoms with van der Waals surface area (Å²) in [7, 11) is 3.19. The molecule has 0 amide bonds. The highest BCUT2D eigenvalue weighted by molar-refractivity contribution is 9.10. The van der Waals surface area contributed by atoms with Gasteiger partial charge in [0.2, 0.25) is 0 Å². The number of azide groups is 1. The van der Waals surface area contributed by atoms with Crippen molar-refractivity contribution in [2.45, 2.75) is 6.42 Å². The summed E-state index contributed by atoms with van der Waals surface area (Å²) in [5, 5.41) is 3.50. The smallest absolute Gasteiger partial charge is 0.126 e. The third kappa shape index (κ3) is 3.05. The molecule has 1 aromatic rings. The highest BCUT2D eigenvalue weighted by Crippen LogP contribution is 2.32. The maximum atomic E-state index is 8.22. The molecule has 0 N–H and O–H groups in total. The molecule has 0 aliphatic carbocycles. The molecule has 5 nitrogen and oxygen atoms in total. The Morgan fingerprint density at radius 3 is 2.69 bits per heavy atom. The Labute approximate surface area is 102 Å². The lowest BCUT2D eigenvalue weighted by atomic mass is 10.1. The van der Waals surface area contributed by atoms with Crippen LogP contribution in [-0.2, 0) is 6.42 Å². The van der Waals surface area contributed by atoms with Crippen LogP contribution in [0, 0.1) is 0 Å². The van der Waals surface area contributed by atoms with Gasteiger partial charge in [0, 0.05) is 27.6 Å². The third-order valence-electron chi connectivity index (χ3n) is 2.11. The van der Waals surface area contributed by atoms with Gasteiger partial charge in [-0.2, -0.15) is 0 Å². The lowest BCUT2D eigenvalue weighted by Gasteiger charge is -2.11. The van der Waals surface area contributed by atoms with Gasteiger partial charge in [-0.15, -0.1) is 0 Å². The van der Waals surface area contributed by atoms with Crippen molar-refractivity contribution >= 4 is 15.9 Å². The van der Waals surface area contributed by atoms with E-state index in [0.29, 0.717) is 13.0 Å². The lowest BCUT2D eigenvalue weighted by Crippen LogP contribution is -1.97. The quantitative estimate of drug-likeness (QED) is 0.473. The van der Waals surface area contributed by atoms with Crippen LogP contribution < -0.4 is 9.47 Å². The van der Waals surface area contributed by atoms with Gasteiger partial charge in [0.15, 0.2) is 0 Å². The first kappa shape index (κ1) is 12.7. The number of methoxy groups -OCH3 is 2. The Kier molecular flexibility index (Phi) is 4.95. The van der Waals surface area contributed by atoms with E-state index < -0.39 is 0 Å². The third-order valence-corrected chi connectivity index (χ3v) is 2.82. The normalized spacial score (nSPS) is 9.44. The maximum absolute atomic E-state index is 8.22. The van der Waals surface area contributed by atoms with Gasteiger partial charge >= 0.3 is 0 Å². The van der Waals surface area contributed by atoms with Crippen LogP contribution in [0.15, 0.2) is 21.7 Å². The molecule has 0 radical (unpaired) electrons. The van der Waals surface area contributed by atoms with Crippen LogP contribution in [0.4, 0.5) is 0 Å². The zero-order valence-electron chi connectivity index (χ0n) is 9.11. The van der Waals surface area contributed by atoms with E-state index in [2.05, 4.69) is 26.0 Å². The lowest BCUT2D eigenvalue weighted by molar-refractivity contribution is 0.390. The molecule has 86 valence electrons. The number of benzene rings is 1. The highest BCUT2D eigenvalue weighted by atomic mass is 79.9. The van der Waals surface area contributed by atoms with Crippen molar-refractivity contribution in [2.24, 2.45) is 5.11 Å². The van der Waals surface area contributed by atoms with Gasteiger partial charge in [0.1, 0.15) is 11.5 Å². The number of ether oxygens (including phenoxy) is 2. The fourth-order valence-electron chi connectivity index (χ4n) is 1.34. The van der Waals surface area contributed by atoms with Gasteiger partial charge in [-0.05, 0) is 18.0 Å². The Morgan fingerprint density at radius 2 is 2.12 bits per heavy atom. The van der Waals surface area contributed by atoms with Gasteiger partial charge in [-0.3, -0.25) is 0 Å². The predicted molar refractivity (Wildman–Crippen MR) is 65.0 cm³/mol. The minimum absolute atomic E-state index is 0.401. The van der Waals surface area contributed by atoms with Crippen LogP contribution in [0.1, 0.15) is 5.56 Å². The van der Waals surface area contributed by atoms with Crippen molar-refractivity contribution in [3.63, 3.8) is 0 Å². The number of rotatable bonds is 5. The Bertz CT molecular complexity index is 417. The molecular formula is C10H12BrN3O2. The summed E-state index contributed by atoms with van der Waals surface area (Å²) < 4.78 is 11.3. The van der Waals surface area contributed by atoms with Crippen LogP contribution >= 0.6 is 15.9 Å². The average Bonchev–Trinajstić information content (AvgIpc) is 2.30. The molecule has 0 fully saturated rings. The molecule has 0 aliphatic heterocycles. The van der Waals surface area contributed by atoms with E-state index in [-0.39, 0.29) is 0 Å². The van der Waals surface area contributed by atoms with Crippen LogP contribution in [0.5, 0.6) is 11.5 Å². The number of halogens is 1. The van der Waals surface area contributed by atoms with Crippen molar-refractivity contribution in [3.05, 3.63) is 32.6 Å². The summed E-state index contributed by atoms with van der Waals surface area (Å²) in [6.45, 7) is 0.401. The average molecular weight is 286 g/mol. The zero-order valence-corrected chi connectivity index (χ0v) is 10.7. The highest BCUT2D eigenvalue weighted by Gasteiger charge is 2.09. The molecule has 0 aliphatic rings. The molecule has 0 bridgehead atoms. The molecule has 1 rings (SSSR count). The first-order valence-electron chi connectivity index (χ1n) is 4.64. The number of nitrogens with zero attached hydrogens (tertiary/aromatic N) is 3. The van der Waals surface area contributed by atoms with Crippen molar-refractivity contribution in [2.75, 3.05) is 20.8 Å². The van der Waals surface area contributed by atoms with E-state index in [0.717, 1.165) is 21.5 Å². The van der Waals surface area contributed by atoms with Crippen LogP contribution in [0.3, 0.4) is 0 Å². The van der Waals surface area contributed by atoms with E-state index in [1.165, 1.54) is 0 Å². The monoisotopic (exact) mass is 285 g/mol. The van der Waals surface area contributed by atoms with E-state index in [4.69, 9.17) is 15.0 Å². The van der Waals surface area contributed by atoms with Gasteiger partial charge in [0.05, 0.1) is 14.2 Å². The molecular weight excluding hydrogens is 274 g/mol. The first-order valence-corrected chi connectivity index (χ1v) is 5.43. The standard InChI is InChI=1S/C10H12BrN3O2/c1-15-7-5-9(11)8(3-4-13-14-12)10(6-7)16-2/h5-6H,3-4H2,1-2H3. The second-order valence-electron chi connectivity index (χ2n) is 2.99. The van der Waals surface area contributed by atoms with E-state index in [1.807, 2.05) is 6.07 Å². The van der Waals surface area contributed by atoms with E-state index in [9.17, 15) is 0 Å². The molecule has 6 heteroatoms. The molecule has 0 heterocycles. The maximum Gasteiger partial charge on any atom is 0.126 e. The molecule has 0 saturated heterocycles. The van der Waals surface area contributed by atoms with Crippen molar-refractivity contribution in [1.29, 1.82) is 0 Å². The second-order valence-corrected chi connectivity index (χ2v) is 3.85. The number of hydrogen-bond donors (Lipinski definition) is 0. The summed E-state index contributed by atoms with van der Waals surface area (Å²) >= 11 is 3.44. The van der Waals surface area contributed by atoms with Gasteiger partial charge in [0.25, 0.3) is 0 Å². The molecule has 0 unspecified atom stereocenters. The van der Waals surface area contributed by atoms with Crippen LogP contribution in [0.2, 0.25) is 0 Å². The number of hydrogen-bond acceptors (Lipinski definition) is 3. The van der Waals surface area contributed by atoms with Crippen molar-refractivity contribution in [1.82, 2.24) is 0 Å². The first-order chi connectivity index (χ1) is 7.72. The van der Waals surface area contributed by atoms with E-state index in [1.54, 1.807) is 20.3 Å². The van der Waals surface area contributed by atoms with Crippen molar-refractivity contribution in [3.8, 4) is 11.5 Å². The topological polar surface area (TPSA) is 67.2 Å². The van der Waals surface area contributed by atoms with Crippen LogP contribution in [-0.4, -0.2) is 20.8 Å². The Hall–Kier alpha value is -1.39. The summed E-state index contributed by atoms with van der Waals surface area (Å²) in [6.07, 6.45) is 0.623. The van der Waals surface area contributed by atoms with Crippen LogP contribution in [0.25, 0.3) is 10.4 Å². The van der Waals surface area contributed by atoms with Gasteiger partial charge in [-0.25, -0.2) is 0 Å². The Balaban J connectivity index is 3.01. The summed E-state index contributed by atoms with van der Waals surface area (Å²) in [5.74, 6) is 1.44.